The van der Waals surface area contributed by atoms with E-state index >= 15 is 0 Å². The van der Waals surface area contributed by atoms with Crippen molar-refractivity contribution in [2.45, 2.75) is 44.6 Å². The van der Waals surface area contributed by atoms with Gasteiger partial charge in [-0.3, -0.25) is 0 Å². The number of aromatic amines is 1. The van der Waals surface area contributed by atoms with Crippen molar-refractivity contribution in [3.05, 3.63) is 29.7 Å². The van der Waals surface area contributed by atoms with Crippen molar-refractivity contribution in [1.29, 1.82) is 0 Å². The third kappa shape index (κ3) is 3.82. The minimum atomic E-state index is -4.86. The van der Waals surface area contributed by atoms with Gasteiger partial charge in [-0.15, -0.1) is 0 Å². The first-order chi connectivity index (χ1) is 10.8. The lowest BCUT2D eigenvalue weighted by Gasteiger charge is -2.31. The van der Waals surface area contributed by atoms with E-state index < -0.39 is 42.4 Å². The fraction of sp³-hybridized carbons (Fsp3) is 0.533. The molecule has 0 spiro atoms. The molecule has 1 unspecified atom stereocenters. The van der Waals surface area contributed by atoms with Crippen molar-refractivity contribution in [2.24, 2.45) is 5.92 Å². The topological polar surface area (TPSA) is 48.9 Å². The van der Waals surface area contributed by atoms with Crippen molar-refractivity contribution < 1.29 is 31.4 Å². The molecule has 0 radical (unpaired) electrons. The summed E-state index contributed by atoms with van der Waals surface area (Å²) >= 11 is 0. The molecule has 2 aromatic heterocycles. The molecule has 0 aromatic carbocycles. The van der Waals surface area contributed by atoms with E-state index in [9.17, 15) is 31.4 Å². The Labute approximate surface area is 133 Å². The van der Waals surface area contributed by atoms with Crippen LogP contribution in [0.25, 0.3) is 10.9 Å². The molecule has 9 heteroatoms. The van der Waals surface area contributed by atoms with Gasteiger partial charge >= 0.3 is 12.4 Å². The van der Waals surface area contributed by atoms with Gasteiger partial charge in [-0.2, -0.15) is 26.3 Å². The second kappa shape index (κ2) is 5.94. The predicted molar refractivity (Wildman–Crippen MR) is 75.3 cm³/mol. The van der Waals surface area contributed by atoms with Crippen LogP contribution in [0.1, 0.15) is 31.7 Å². The van der Waals surface area contributed by atoms with Crippen LogP contribution in [-0.4, -0.2) is 26.9 Å². The van der Waals surface area contributed by atoms with Gasteiger partial charge in [-0.25, -0.2) is 4.98 Å². The molecule has 0 aliphatic heterocycles. The van der Waals surface area contributed by atoms with E-state index in [1.165, 1.54) is 6.07 Å². The summed E-state index contributed by atoms with van der Waals surface area (Å²) in [5.41, 5.74) is -3.92. The summed E-state index contributed by atoms with van der Waals surface area (Å²) in [5, 5.41) is 10.1. The molecule has 2 aromatic rings. The minimum absolute atomic E-state index is 0.00778. The summed E-state index contributed by atoms with van der Waals surface area (Å²) in [6.07, 6.45) is -9.88. The first-order valence-corrected chi connectivity index (χ1v) is 7.16. The van der Waals surface area contributed by atoms with Crippen molar-refractivity contribution in [3.63, 3.8) is 0 Å². The van der Waals surface area contributed by atoms with Gasteiger partial charge in [0.15, 0.2) is 5.60 Å². The maximum atomic E-state index is 13.2. The predicted octanol–water partition coefficient (Wildman–Crippen LogP) is 4.46. The Morgan fingerprint density at radius 2 is 1.75 bits per heavy atom. The quantitative estimate of drug-likeness (QED) is 0.797. The van der Waals surface area contributed by atoms with Crippen LogP contribution >= 0.6 is 0 Å². The number of alkyl halides is 6. The number of nitrogens with one attached hydrogen (secondary N) is 1. The summed E-state index contributed by atoms with van der Waals surface area (Å²) in [6.45, 7) is 3.09. The summed E-state index contributed by atoms with van der Waals surface area (Å²) in [6, 6.07) is 1.92. The summed E-state index contributed by atoms with van der Waals surface area (Å²) in [5.74, 6) is -0.417. The molecule has 0 aliphatic rings. The van der Waals surface area contributed by atoms with Crippen molar-refractivity contribution in [2.75, 3.05) is 0 Å². The number of halogens is 6. The van der Waals surface area contributed by atoms with E-state index in [1.54, 1.807) is 13.8 Å². The van der Waals surface area contributed by atoms with Crippen LogP contribution < -0.4 is 0 Å². The van der Waals surface area contributed by atoms with E-state index in [2.05, 4.69) is 9.97 Å². The highest BCUT2D eigenvalue weighted by molar-refractivity contribution is 5.80. The fourth-order valence-electron chi connectivity index (χ4n) is 2.62. The second-order valence-corrected chi connectivity index (χ2v) is 6.25. The SMILES string of the molecule is CC(C)CC(O)(Cc1cc2cc(C(F)(F)F)ncc2[nH]1)C(F)(F)F. The normalized spacial score (nSPS) is 15.9. The number of aromatic nitrogens is 2. The molecule has 0 saturated heterocycles. The smallest absolute Gasteiger partial charge is 0.380 e. The molecule has 0 fully saturated rings. The monoisotopic (exact) mass is 354 g/mol. The number of pyridine rings is 1. The van der Waals surface area contributed by atoms with Crippen LogP contribution in [0.3, 0.4) is 0 Å². The van der Waals surface area contributed by atoms with E-state index in [-0.39, 0.29) is 16.6 Å². The highest BCUT2D eigenvalue weighted by Crippen LogP contribution is 2.38. The summed E-state index contributed by atoms with van der Waals surface area (Å²) in [7, 11) is 0. The largest absolute Gasteiger partial charge is 0.433 e. The van der Waals surface area contributed by atoms with Crippen molar-refractivity contribution in [1.82, 2.24) is 9.97 Å². The summed E-state index contributed by atoms with van der Waals surface area (Å²) < 4.78 is 77.5. The van der Waals surface area contributed by atoms with Gasteiger partial charge in [0.25, 0.3) is 0 Å². The zero-order valence-corrected chi connectivity index (χ0v) is 12.9. The van der Waals surface area contributed by atoms with E-state index in [4.69, 9.17) is 0 Å². The van der Waals surface area contributed by atoms with Crippen molar-refractivity contribution in [3.8, 4) is 0 Å². The van der Waals surface area contributed by atoms with Gasteiger partial charge < -0.3 is 10.1 Å². The molecule has 2 heterocycles. The first-order valence-electron chi connectivity index (χ1n) is 7.16. The second-order valence-electron chi connectivity index (χ2n) is 6.25. The minimum Gasteiger partial charge on any atom is -0.380 e. The first kappa shape index (κ1) is 18.6. The average molecular weight is 354 g/mol. The van der Waals surface area contributed by atoms with Crippen LogP contribution in [-0.2, 0) is 12.6 Å². The van der Waals surface area contributed by atoms with Crippen LogP contribution in [0, 0.1) is 5.92 Å². The van der Waals surface area contributed by atoms with Gasteiger partial charge in [-0.05, 0) is 24.5 Å². The molecule has 2 rings (SSSR count). The number of hydrogen-bond acceptors (Lipinski definition) is 2. The highest BCUT2D eigenvalue weighted by atomic mass is 19.4. The Morgan fingerprint density at radius 1 is 1.12 bits per heavy atom. The highest BCUT2D eigenvalue weighted by Gasteiger charge is 2.53. The number of hydrogen-bond donors (Lipinski definition) is 2. The van der Waals surface area contributed by atoms with Gasteiger partial charge in [0.2, 0.25) is 0 Å². The Kier molecular flexibility index (Phi) is 4.60. The third-order valence-electron chi connectivity index (χ3n) is 3.61. The lowest BCUT2D eigenvalue weighted by atomic mass is 9.87. The van der Waals surface area contributed by atoms with Crippen LogP contribution in [0.2, 0.25) is 0 Å². The molecule has 24 heavy (non-hydrogen) atoms. The average Bonchev–Trinajstić information content (AvgIpc) is 2.75. The van der Waals surface area contributed by atoms with Gasteiger partial charge in [0.05, 0.1) is 11.7 Å². The summed E-state index contributed by atoms with van der Waals surface area (Å²) in [4.78, 5) is 5.83. The van der Waals surface area contributed by atoms with E-state index in [0.717, 1.165) is 12.3 Å². The van der Waals surface area contributed by atoms with Gasteiger partial charge in [0.1, 0.15) is 5.69 Å². The third-order valence-corrected chi connectivity index (χ3v) is 3.61. The van der Waals surface area contributed by atoms with E-state index in [1.807, 2.05) is 0 Å². The Bertz CT molecular complexity index is 719. The molecule has 0 aliphatic carbocycles. The molecule has 0 amide bonds. The zero-order chi connectivity index (χ0) is 18.3. The molecular formula is C15H16F6N2O. The van der Waals surface area contributed by atoms with Crippen molar-refractivity contribution >= 4 is 10.9 Å². The number of aliphatic hydroxyl groups is 1. The Hall–Kier alpha value is -1.77. The number of fused-ring (bicyclic) bond motifs is 1. The van der Waals surface area contributed by atoms with E-state index in [0.29, 0.717) is 0 Å². The molecular weight excluding hydrogens is 338 g/mol. The number of nitrogens with zero attached hydrogens (tertiary/aromatic N) is 1. The number of rotatable bonds is 4. The molecule has 0 bridgehead atoms. The van der Waals surface area contributed by atoms with Crippen LogP contribution in [0.15, 0.2) is 18.3 Å². The molecule has 3 nitrogen and oxygen atoms in total. The maximum absolute atomic E-state index is 13.2. The van der Waals surface area contributed by atoms with Crippen LogP contribution in [0.4, 0.5) is 26.3 Å². The zero-order valence-electron chi connectivity index (χ0n) is 12.9. The van der Waals surface area contributed by atoms with Crippen LogP contribution in [0.5, 0.6) is 0 Å². The standard InChI is InChI=1S/C15H16F6N2O/c1-8(2)5-13(24,15(19,20)21)6-10-3-9-4-12(14(16,17)18)22-7-11(9)23-10/h3-4,7-8,23-24H,5-6H2,1-2H3. The fourth-order valence-corrected chi connectivity index (χ4v) is 2.62. The Balaban J connectivity index is 2.38. The Morgan fingerprint density at radius 3 is 2.25 bits per heavy atom. The molecule has 134 valence electrons. The molecule has 2 N–H and O–H groups in total. The maximum Gasteiger partial charge on any atom is 0.433 e. The molecule has 0 saturated carbocycles. The number of H-pyrrole nitrogens is 1. The lowest BCUT2D eigenvalue weighted by Crippen LogP contribution is -2.48. The van der Waals surface area contributed by atoms with Gasteiger partial charge in [0, 0.05) is 17.5 Å². The molecule has 1 atom stereocenters. The van der Waals surface area contributed by atoms with Gasteiger partial charge in [-0.1, -0.05) is 13.8 Å². The lowest BCUT2D eigenvalue weighted by molar-refractivity contribution is -0.265.